The summed E-state index contributed by atoms with van der Waals surface area (Å²) in [7, 11) is 0. The lowest BCUT2D eigenvalue weighted by Crippen LogP contribution is -2.50. The van der Waals surface area contributed by atoms with Crippen LogP contribution in [-0.2, 0) is 9.47 Å². The predicted octanol–water partition coefficient (Wildman–Crippen LogP) is 1.39. The molecular formula is C20H28N10O12. The van der Waals surface area contributed by atoms with Gasteiger partial charge in [-0.2, -0.15) is 0 Å². The van der Waals surface area contributed by atoms with Crippen molar-refractivity contribution in [1.29, 1.82) is 0 Å². The van der Waals surface area contributed by atoms with Crippen LogP contribution in [-0.4, -0.2) is 117 Å². The number of amides is 2. The van der Waals surface area contributed by atoms with Crippen molar-refractivity contribution in [2.75, 3.05) is 65.6 Å². The number of benzene rings is 1. The minimum atomic E-state index is -1.00. The highest BCUT2D eigenvalue weighted by Crippen LogP contribution is 2.39. The van der Waals surface area contributed by atoms with Crippen LogP contribution in [0.3, 0.4) is 0 Å². The molecule has 22 nitrogen and oxygen atoms in total. The number of nitro groups is 2. The number of nitrogens with zero attached hydrogens (tertiary/aromatic N) is 10. The molecule has 1 aromatic rings. The van der Waals surface area contributed by atoms with E-state index in [1.54, 1.807) is 13.8 Å². The van der Waals surface area contributed by atoms with E-state index < -0.39 is 44.9 Å². The smallest absolute Gasteiger partial charge is 0.409 e. The molecule has 0 bridgehead atoms. The van der Waals surface area contributed by atoms with Gasteiger partial charge in [0.05, 0.1) is 59.2 Å². The molecule has 0 atom stereocenters. The van der Waals surface area contributed by atoms with Gasteiger partial charge in [0, 0.05) is 32.2 Å². The van der Waals surface area contributed by atoms with Crippen molar-refractivity contribution in [3.8, 4) is 11.5 Å². The number of ether oxygens (including phenoxy) is 2. The van der Waals surface area contributed by atoms with Crippen LogP contribution in [0.2, 0.25) is 0 Å². The van der Waals surface area contributed by atoms with Gasteiger partial charge in [-0.25, -0.2) is 9.59 Å². The van der Waals surface area contributed by atoms with E-state index in [1.165, 1.54) is 9.80 Å². The van der Waals surface area contributed by atoms with Gasteiger partial charge in [0.15, 0.2) is 0 Å². The van der Waals surface area contributed by atoms with Crippen molar-refractivity contribution < 1.29 is 48.5 Å². The second-order valence-corrected chi connectivity index (χ2v) is 8.43. The van der Waals surface area contributed by atoms with Crippen LogP contribution in [0.4, 0.5) is 21.0 Å². The Morgan fingerprint density at radius 1 is 0.690 bits per heavy atom. The Morgan fingerprint density at radius 2 is 1.05 bits per heavy atom. The first-order valence-electron chi connectivity index (χ1n) is 12.6. The van der Waals surface area contributed by atoms with Gasteiger partial charge in [-0.15, -0.1) is 10.0 Å². The Morgan fingerprint density at radius 3 is 1.36 bits per heavy atom. The fraction of sp³-hybridized carbons (Fsp3) is 0.600. The Labute approximate surface area is 236 Å². The van der Waals surface area contributed by atoms with Crippen molar-refractivity contribution in [2.45, 2.75) is 13.8 Å². The molecule has 0 unspecified atom stereocenters. The van der Waals surface area contributed by atoms with Gasteiger partial charge < -0.3 is 29.7 Å². The summed E-state index contributed by atoms with van der Waals surface area (Å²) in [4.78, 5) is 57.3. The Kier molecular flexibility index (Phi) is 10.6. The third-order valence-corrected chi connectivity index (χ3v) is 5.90. The summed E-state index contributed by atoms with van der Waals surface area (Å²) in [5, 5.41) is 56.7. The lowest BCUT2D eigenvalue weighted by molar-refractivity contribution is -0.708. The lowest BCUT2D eigenvalue weighted by atomic mass is 10.2. The minimum Gasteiger partial charge on any atom is -0.569 e. The van der Waals surface area contributed by atoms with Crippen LogP contribution < -0.4 is 9.68 Å². The molecule has 0 radical (unpaired) electrons. The molecule has 2 amide bonds. The average molecular weight is 601 g/mol. The van der Waals surface area contributed by atoms with Gasteiger partial charge in [0.1, 0.15) is 6.07 Å². The molecular weight excluding hydrogens is 572 g/mol. The van der Waals surface area contributed by atoms with Crippen LogP contribution >= 0.6 is 0 Å². The van der Waals surface area contributed by atoms with E-state index in [2.05, 4.69) is 10.6 Å². The first-order valence-corrected chi connectivity index (χ1v) is 12.6. The molecule has 3 rings (SSSR count). The van der Waals surface area contributed by atoms with Crippen LogP contribution in [0.5, 0.6) is 11.5 Å². The molecule has 0 saturated carbocycles. The van der Waals surface area contributed by atoms with Crippen LogP contribution in [0.25, 0.3) is 0 Å². The van der Waals surface area contributed by atoms with Crippen molar-refractivity contribution in [2.24, 2.45) is 10.6 Å². The predicted molar refractivity (Wildman–Crippen MR) is 133 cm³/mol. The van der Waals surface area contributed by atoms with Crippen molar-refractivity contribution in [3.05, 3.63) is 42.8 Å². The average Bonchev–Trinajstić information content (AvgIpc) is 2.98. The van der Waals surface area contributed by atoms with E-state index in [1.807, 2.05) is 0 Å². The van der Waals surface area contributed by atoms with E-state index in [9.17, 15) is 40.2 Å². The summed E-state index contributed by atoms with van der Waals surface area (Å²) in [6.45, 7) is 4.36. The van der Waals surface area contributed by atoms with E-state index in [-0.39, 0.29) is 75.5 Å². The molecule has 230 valence electrons. The largest absolute Gasteiger partial charge is 0.569 e. The number of carbonyl (C=O) groups is 2. The first kappa shape index (κ1) is 31.1. The van der Waals surface area contributed by atoms with Crippen molar-refractivity contribution in [3.63, 3.8) is 0 Å². The zero-order chi connectivity index (χ0) is 30.8. The minimum absolute atomic E-state index is 0.00779. The monoisotopic (exact) mass is 600 g/mol. The quantitative estimate of drug-likeness (QED) is 0.159. The maximum absolute atomic E-state index is 12.4. The number of carbonyl (C=O) groups excluding carboxylic acids is 2. The Balaban J connectivity index is 1.73. The van der Waals surface area contributed by atoms with Crippen LogP contribution in [0, 0.1) is 30.6 Å². The van der Waals surface area contributed by atoms with Crippen LogP contribution in [0.15, 0.2) is 22.7 Å². The highest BCUT2D eigenvalue weighted by atomic mass is 16.7. The molecule has 0 spiro atoms. The summed E-state index contributed by atoms with van der Waals surface area (Å²) in [6.07, 6.45) is -1.09. The van der Waals surface area contributed by atoms with E-state index in [0.29, 0.717) is 12.1 Å². The van der Waals surface area contributed by atoms with Gasteiger partial charge in [-0.3, -0.25) is 29.9 Å². The van der Waals surface area contributed by atoms with Crippen molar-refractivity contribution in [1.82, 2.24) is 19.8 Å². The molecule has 22 heteroatoms. The summed E-state index contributed by atoms with van der Waals surface area (Å²) < 4.78 is 9.80. The van der Waals surface area contributed by atoms with E-state index in [4.69, 9.17) is 19.1 Å². The summed E-state index contributed by atoms with van der Waals surface area (Å²) in [6, 6.07) is 1.18. The molecule has 2 saturated heterocycles. The van der Waals surface area contributed by atoms with Gasteiger partial charge in [0.25, 0.3) is 0 Å². The molecule has 2 fully saturated rings. The van der Waals surface area contributed by atoms with Crippen molar-refractivity contribution >= 4 is 23.6 Å². The second-order valence-electron chi connectivity index (χ2n) is 8.43. The zero-order valence-electron chi connectivity index (χ0n) is 22.6. The topological polar surface area (TPSA) is 247 Å². The SMILES string of the molecule is CCOC(=O)N1CCN(/[N+]([O-])=N/Oc2cc(O/N=[N+](\[O-])N3CCN(C(=O)OCC)CC3)c([N+](=O)[O-])cc2[N+](=O)[O-])CC1. The van der Waals surface area contributed by atoms with Gasteiger partial charge in [-0.05, 0) is 13.8 Å². The molecule has 1 aromatic carbocycles. The number of piperazine rings is 2. The van der Waals surface area contributed by atoms with E-state index >= 15 is 0 Å². The third-order valence-electron chi connectivity index (χ3n) is 5.90. The highest BCUT2D eigenvalue weighted by molar-refractivity contribution is 5.68. The van der Waals surface area contributed by atoms with Gasteiger partial charge >= 0.3 is 23.6 Å². The summed E-state index contributed by atoms with van der Waals surface area (Å²) >= 11 is 0. The number of hydrazine groups is 2. The maximum atomic E-state index is 12.4. The maximum Gasteiger partial charge on any atom is 0.409 e. The van der Waals surface area contributed by atoms with Gasteiger partial charge in [0.2, 0.25) is 22.1 Å². The molecule has 0 aliphatic carbocycles. The standard InChI is InChI=1S/C20H28N10O12/c1-3-39-19(31)23-5-9-25(10-6-23)29(37)21-41-17-14-18(16(28(35)36)13-15(17)27(33)34)42-22-30(38)26-11-7-24(8-12-26)20(32)40-4-2/h13-14H,3-12H2,1-2H3/b29-21-,30-22-. The molecule has 2 aliphatic rings. The molecule has 42 heavy (non-hydrogen) atoms. The zero-order valence-corrected chi connectivity index (χ0v) is 22.6. The molecule has 0 N–H and O–H groups in total. The molecule has 2 heterocycles. The Hall–Kier alpha value is -5.44. The number of rotatable bonds is 10. The van der Waals surface area contributed by atoms with E-state index in [0.717, 1.165) is 10.0 Å². The fourth-order valence-corrected chi connectivity index (χ4v) is 3.76. The first-order chi connectivity index (χ1) is 20.0. The number of nitro benzene ring substituents is 2. The number of hydrogen-bond acceptors (Lipinski definition) is 14. The number of hydrogen-bond donors (Lipinski definition) is 0. The summed E-state index contributed by atoms with van der Waals surface area (Å²) in [5.74, 6) is -1.44. The lowest BCUT2D eigenvalue weighted by Gasteiger charge is -2.30. The molecule has 2 aliphatic heterocycles. The highest BCUT2D eigenvalue weighted by Gasteiger charge is 2.31. The second kappa shape index (κ2) is 14.3. The normalized spacial score (nSPS) is 16.1. The summed E-state index contributed by atoms with van der Waals surface area (Å²) in [5.41, 5.74) is -1.85. The third kappa shape index (κ3) is 7.82. The Bertz CT molecular complexity index is 1140. The van der Waals surface area contributed by atoms with Crippen LogP contribution in [0.1, 0.15) is 13.8 Å². The molecule has 0 aromatic heterocycles. The van der Waals surface area contributed by atoms with Gasteiger partial charge in [-0.1, -0.05) is 0 Å². The fourth-order valence-electron chi connectivity index (χ4n) is 3.76.